The third-order valence-electron chi connectivity index (χ3n) is 4.14. The van der Waals surface area contributed by atoms with E-state index in [2.05, 4.69) is 9.97 Å². The molecule has 2 aromatic carbocycles. The van der Waals surface area contributed by atoms with Crippen molar-refractivity contribution in [3.63, 3.8) is 0 Å². The van der Waals surface area contributed by atoms with Crippen LogP contribution in [0.1, 0.15) is 11.5 Å². The summed E-state index contributed by atoms with van der Waals surface area (Å²) in [6.07, 6.45) is 0.222. The lowest BCUT2D eigenvalue weighted by Gasteiger charge is -2.07. The predicted molar refractivity (Wildman–Crippen MR) is 91.7 cm³/mol. The Hall–Kier alpha value is -2.86. The molecule has 0 spiro atoms. The van der Waals surface area contributed by atoms with Crippen molar-refractivity contribution in [1.29, 1.82) is 0 Å². The summed E-state index contributed by atoms with van der Waals surface area (Å²) in [5, 5.41) is 0. The van der Waals surface area contributed by atoms with E-state index in [1.165, 1.54) is 0 Å². The number of rotatable bonds is 4. The summed E-state index contributed by atoms with van der Waals surface area (Å²) in [5.74, 6) is 1.97. The van der Waals surface area contributed by atoms with Gasteiger partial charge in [-0.2, -0.15) is 0 Å². The van der Waals surface area contributed by atoms with Crippen LogP contribution in [0.15, 0.2) is 39.2 Å². The van der Waals surface area contributed by atoms with E-state index in [-0.39, 0.29) is 6.10 Å². The second-order valence-corrected chi connectivity index (χ2v) is 6.34. The van der Waals surface area contributed by atoms with E-state index in [1.807, 2.05) is 44.2 Å². The molecule has 1 unspecified atom stereocenters. The minimum atomic E-state index is 0.222. The first kappa shape index (κ1) is 14.5. The fraction of sp³-hybridized carbons (Fsp3) is 0.263. The van der Waals surface area contributed by atoms with Crippen molar-refractivity contribution in [2.75, 3.05) is 13.2 Å². The Morgan fingerprint density at radius 1 is 1.00 bits per heavy atom. The van der Waals surface area contributed by atoms with Crippen LogP contribution in [-0.2, 0) is 4.74 Å². The first-order chi connectivity index (χ1) is 12.1. The molecule has 0 bridgehead atoms. The second-order valence-electron chi connectivity index (χ2n) is 6.34. The SMILES string of the molecule is Cc1cc(OCC2CO2)cc(-c2nc3cc4oc(C)nc4cc3o2)c1. The molecule has 2 aromatic heterocycles. The summed E-state index contributed by atoms with van der Waals surface area (Å²) in [4.78, 5) is 8.93. The molecule has 4 aromatic rings. The molecule has 25 heavy (non-hydrogen) atoms. The normalized spacial score (nSPS) is 16.6. The van der Waals surface area contributed by atoms with Crippen molar-refractivity contribution in [2.45, 2.75) is 20.0 Å². The third-order valence-corrected chi connectivity index (χ3v) is 4.14. The summed E-state index contributed by atoms with van der Waals surface area (Å²) in [5.41, 5.74) is 4.87. The topological polar surface area (TPSA) is 73.8 Å². The molecule has 6 nitrogen and oxygen atoms in total. The summed E-state index contributed by atoms with van der Waals surface area (Å²) in [7, 11) is 0. The fourth-order valence-electron chi connectivity index (χ4n) is 2.90. The Labute approximate surface area is 143 Å². The molecule has 126 valence electrons. The zero-order valence-corrected chi connectivity index (χ0v) is 13.9. The van der Waals surface area contributed by atoms with Crippen molar-refractivity contribution in [1.82, 2.24) is 9.97 Å². The van der Waals surface area contributed by atoms with E-state index in [9.17, 15) is 0 Å². The van der Waals surface area contributed by atoms with Gasteiger partial charge in [0.2, 0.25) is 5.89 Å². The van der Waals surface area contributed by atoms with Crippen molar-refractivity contribution in [3.05, 3.63) is 41.8 Å². The maximum Gasteiger partial charge on any atom is 0.227 e. The highest BCUT2D eigenvalue weighted by Gasteiger charge is 2.23. The van der Waals surface area contributed by atoms with E-state index in [0.29, 0.717) is 29.6 Å². The number of nitrogens with zero attached hydrogens (tertiary/aromatic N) is 2. The van der Waals surface area contributed by atoms with Gasteiger partial charge in [0.15, 0.2) is 17.1 Å². The van der Waals surface area contributed by atoms with Crippen LogP contribution in [0, 0.1) is 13.8 Å². The molecule has 1 saturated heterocycles. The molecular formula is C19H16N2O4. The van der Waals surface area contributed by atoms with Gasteiger partial charge in [-0.25, -0.2) is 9.97 Å². The van der Waals surface area contributed by atoms with Gasteiger partial charge in [-0.15, -0.1) is 0 Å². The number of oxazole rings is 2. The lowest BCUT2D eigenvalue weighted by atomic mass is 10.1. The van der Waals surface area contributed by atoms with E-state index in [0.717, 1.165) is 34.5 Å². The minimum Gasteiger partial charge on any atom is -0.491 e. The van der Waals surface area contributed by atoms with Crippen LogP contribution in [0.25, 0.3) is 33.7 Å². The highest BCUT2D eigenvalue weighted by atomic mass is 16.6. The van der Waals surface area contributed by atoms with E-state index >= 15 is 0 Å². The van der Waals surface area contributed by atoms with Gasteiger partial charge in [-0.05, 0) is 30.7 Å². The number of fused-ring (bicyclic) bond motifs is 2. The molecule has 1 aliphatic heterocycles. The molecule has 1 fully saturated rings. The van der Waals surface area contributed by atoms with E-state index < -0.39 is 0 Å². The molecule has 1 atom stereocenters. The monoisotopic (exact) mass is 336 g/mol. The average molecular weight is 336 g/mol. The Balaban J connectivity index is 1.54. The smallest absolute Gasteiger partial charge is 0.227 e. The average Bonchev–Trinajstić information content (AvgIpc) is 3.20. The summed E-state index contributed by atoms with van der Waals surface area (Å²) < 4.78 is 22.5. The Kier molecular flexibility index (Phi) is 3.08. The maximum atomic E-state index is 5.95. The molecule has 0 saturated carbocycles. The lowest BCUT2D eigenvalue weighted by Crippen LogP contribution is -2.04. The lowest BCUT2D eigenvalue weighted by molar-refractivity contribution is 0.263. The summed E-state index contributed by atoms with van der Waals surface area (Å²) >= 11 is 0. The molecule has 0 aliphatic carbocycles. The molecule has 0 amide bonds. The van der Waals surface area contributed by atoms with E-state index in [1.54, 1.807) is 0 Å². The first-order valence-electron chi connectivity index (χ1n) is 8.18. The Morgan fingerprint density at radius 2 is 1.76 bits per heavy atom. The van der Waals surface area contributed by atoms with Crippen LogP contribution in [0.4, 0.5) is 0 Å². The Bertz CT molecular complexity index is 1040. The van der Waals surface area contributed by atoms with Gasteiger partial charge in [-0.3, -0.25) is 0 Å². The summed E-state index contributed by atoms with van der Waals surface area (Å²) in [6, 6.07) is 9.67. The number of hydrogen-bond acceptors (Lipinski definition) is 6. The fourth-order valence-corrected chi connectivity index (χ4v) is 2.90. The van der Waals surface area contributed by atoms with Crippen molar-refractivity contribution in [2.24, 2.45) is 0 Å². The molecule has 1 aliphatic rings. The number of epoxide rings is 1. The summed E-state index contributed by atoms with van der Waals surface area (Å²) in [6.45, 7) is 5.19. The molecular weight excluding hydrogens is 320 g/mol. The van der Waals surface area contributed by atoms with Crippen LogP contribution in [0.3, 0.4) is 0 Å². The van der Waals surface area contributed by atoms with Crippen LogP contribution in [0.2, 0.25) is 0 Å². The highest BCUT2D eigenvalue weighted by Crippen LogP contribution is 2.31. The second kappa shape index (κ2) is 5.32. The number of hydrogen-bond donors (Lipinski definition) is 0. The molecule has 3 heterocycles. The van der Waals surface area contributed by atoms with Crippen LogP contribution < -0.4 is 4.74 Å². The van der Waals surface area contributed by atoms with Gasteiger partial charge in [0.05, 0.1) is 6.61 Å². The van der Waals surface area contributed by atoms with Crippen LogP contribution in [0.5, 0.6) is 5.75 Å². The maximum absolute atomic E-state index is 5.95. The minimum absolute atomic E-state index is 0.222. The van der Waals surface area contributed by atoms with Gasteiger partial charge in [0.25, 0.3) is 0 Å². The molecule has 0 radical (unpaired) electrons. The van der Waals surface area contributed by atoms with Crippen molar-refractivity contribution >= 4 is 22.2 Å². The third kappa shape index (κ3) is 2.74. The standard InChI is InChI=1S/C19H16N2O4/c1-10-3-12(5-13(4-10)22-8-14-9-23-14)19-21-16-7-17-15(6-18(16)25-19)20-11(2)24-17/h3-7,14H,8-9H2,1-2H3. The van der Waals surface area contributed by atoms with Gasteiger partial charge in [0, 0.05) is 24.6 Å². The predicted octanol–water partition coefficient (Wildman–Crippen LogP) is 4.03. The van der Waals surface area contributed by atoms with Gasteiger partial charge in [-0.1, -0.05) is 0 Å². The quantitative estimate of drug-likeness (QED) is 0.524. The Morgan fingerprint density at radius 3 is 2.56 bits per heavy atom. The zero-order chi connectivity index (χ0) is 17.0. The first-order valence-corrected chi connectivity index (χ1v) is 8.18. The number of aryl methyl sites for hydroxylation is 2. The van der Waals surface area contributed by atoms with Gasteiger partial charge >= 0.3 is 0 Å². The van der Waals surface area contributed by atoms with E-state index in [4.69, 9.17) is 18.3 Å². The van der Waals surface area contributed by atoms with Crippen LogP contribution in [-0.4, -0.2) is 29.3 Å². The number of aromatic nitrogens is 2. The van der Waals surface area contributed by atoms with Crippen LogP contribution >= 0.6 is 0 Å². The van der Waals surface area contributed by atoms with Gasteiger partial charge in [0.1, 0.15) is 29.5 Å². The van der Waals surface area contributed by atoms with Crippen molar-refractivity contribution in [3.8, 4) is 17.2 Å². The largest absolute Gasteiger partial charge is 0.491 e. The highest BCUT2D eigenvalue weighted by molar-refractivity contribution is 5.90. The molecule has 6 heteroatoms. The number of benzene rings is 2. The van der Waals surface area contributed by atoms with Gasteiger partial charge < -0.3 is 18.3 Å². The molecule has 5 rings (SSSR count). The number of ether oxygens (including phenoxy) is 2. The zero-order valence-electron chi connectivity index (χ0n) is 13.9. The molecule has 0 N–H and O–H groups in total. The van der Waals surface area contributed by atoms with Crippen molar-refractivity contribution < 1.29 is 18.3 Å².